The van der Waals surface area contributed by atoms with Crippen molar-refractivity contribution in [2.75, 3.05) is 32.8 Å². The van der Waals surface area contributed by atoms with Crippen molar-refractivity contribution >= 4 is 5.78 Å². The van der Waals surface area contributed by atoms with E-state index in [1.165, 1.54) is 0 Å². The van der Waals surface area contributed by atoms with Crippen LogP contribution in [0.4, 0.5) is 0 Å². The normalized spacial score (nSPS) is 18.9. The number of aliphatic hydroxyl groups excluding tert-OH is 1. The standard InChI is InChI=1S/C12H23NO3/c1-2-3-11(15)10-13-6-4-12(5-7-13)16-9-8-14/h12,14H,2-10H2,1H3. The molecule has 1 rings (SSSR count). The average molecular weight is 229 g/mol. The molecular weight excluding hydrogens is 206 g/mol. The van der Waals surface area contributed by atoms with Gasteiger partial charge in [-0.15, -0.1) is 0 Å². The number of aliphatic hydroxyl groups is 1. The molecule has 0 spiro atoms. The molecular formula is C12H23NO3. The summed E-state index contributed by atoms with van der Waals surface area (Å²) in [5, 5.41) is 8.65. The Morgan fingerprint density at radius 3 is 2.69 bits per heavy atom. The van der Waals surface area contributed by atoms with Crippen LogP contribution < -0.4 is 0 Å². The van der Waals surface area contributed by atoms with Crippen molar-refractivity contribution in [2.24, 2.45) is 0 Å². The van der Waals surface area contributed by atoms with Gasteiger partial charge in [-0.2, -0.15) is 0 Å². The van der Waals surface area contributed by atoms with Crippen LogP contribution in [0.25, 0.3) is 0 Å². The fraction of sp³-hybridized carbons (Fsp3) is 0.917. The topological polar surface area (TPSA) is 49.8 Å². The highest BCUT2D eigenvalue weighted by molar-refractivity contribution is 5.80. The third-order valence-corrected chi connectivity index (χ3v) is 2.91. The molecule has 94 valence electrons. The summed E-state index contributed by atoms with van der Waals surface area (Å²) in [6.07, 6.45) is 3.85. The van der Waals surface area contributed by atoms with Crippen LogP contribution in [-0.4, -0.2) is 54.7 Å². The van der Waals surface area contributed by atoms with Gasteiger partial charge in [0.05, 0.1) is 25.9 Å². The van der Waals surface area contributed by atoms with Crippen LogP contribution >= 0.6 is 0 Å². The number of ketones is 1. The Kier molecular flexibility index (Phi) is 6.61. The van der Waals surface area contributed by atoms with E-state index in [1.807, 2.05) is 6.92 Å². The lowest BCUT2D eigenvalue weighted by molar-refractivity contribution is -0.121. The van der Waals surface area contributed by atoms with E-state index in [2.05, 4.69) is 4.90 Å². The van der Waals surface area contributed by atoms with Gasteiger partial charge in [0.2, 0.25) is 0 Å². The van der Waals surface area contributed by atoms with Gasteiger partial charge in [-0.3, -0.25) is 9.69 Å². The number of carbonyl (C=O) groups excluding carboxylic acids is 1. The first kappa shape index (κ1) is 13.6. The van der Waals surface area contributed by atoms with E-state index in [1.54, 1.807) is 0 Å². The van der Waals surface area contributed by atoms with Crippen molar-refractivity contribution < 1.29 is 14.6 Å². The molecule has 4 heteroatoms. The van der Waals surface area contributed by atoms with E-state index in [0.717, 1.165) is 32.4 Å². The molecule has 0 saturated carbocycles. The predicted octanol–water partition coefficient (Wildman–Crippen LogP) is 0.829. The summed E-state index contributed by atoms with van der Waals surface area (Å²) in [7, 11) is 0. The Morgan fingerprint density at radius 1 is 1.44 bits per heavy atom. The van der Waals surface area contributed by atoms with Crippen molar-refractivity contribution in [1.29, 1.82) is 0 Å². The first-order valence-corrected chi connectivity index (χ1v) is 6.22. The van der Waals surface area contributed by atoms with E-state index in [9.17, 15) is 4.79 Å². The first-order chi connectivity index (χ1) is 7.76. The molecule has 0 aliphatic carbocycles. The molecule has 0 unspecified atom stereocenters. The van der Waals surface area contributed by atoms with Gasteiger partial charge in [-0.1, -0.05) is 6.92 Å². The van der Waals surface area contributed by atoms with Crippen molar-refractivity contribution in [3.05, 3.63) is 0 Å². The number of carbonyl (C=O) groups is 1. The van der Waals surface area contributed by atoms with Gasteiger partial charge in [0, 0.05) is 19.5 Å². The third-order valence-electron chi connectivity index (χ3n) is 2.91. The Labute approximate surface area is 97.6 Å². The summed E-state index contributed by atoms with van der Waals surface area (Å²) < 4.78 is 5.47. The molecule has 1 saturated heterocycles. The van der Waals surface area contributed by atoms with Crippen LogP contribution in [0, 0.1) is 0 Å². The number of likely N-dealkylation sites (tertiary alicyclic amines) is 1. The Bertz CT molecular complexity index is 200. The number of hydrogen-bond acceptors (Lipinski definition) is 4. The lowest BCUT2D eigenvalue weighted by atomic mass is 10.1. The molecule has 16 heavy (non-hydrogen) atoms. The van der Waals surface area contributed by atoms with Gasteiger partial charge in [0.1, 0.15) is 5.78 Å². The number of piperidine rings is 1. The minimum absolute atomic E-state index is 0.0925. The molecule has 0 aromatic carbocycles. The summed E-state index contributed by atoms with van der Waals surface area (Å²) in [5.41, 5.74) is 0. The van der Waals surface area contributed by atoms with Gasteiger partial charge < -0.3 is 9.84 Å². The van der Waals surface area contributed by atoms with Crippen LogP contribution in [0.15, 0.2) is 0 Å². The van der Waals surface area contributed by atoms with E-state index < -0.39 is 0 Å². The second-order valence-corrected chi connectivity index (χ2v) is 4.36. The number of hydrogen-bond donors (Lipinski definition) is 1. The maximum absolute atomic E-state index is 11.5. The molecule has 4 nitrogen and oxygen atoms in total. The fourth-order valence-electron chi connectivity index (χ4n) is 2.06. The zero-order chi connectivity index (χ0) is 11.8. The summed E-state index contributed by atoms with van der Waals surface area (Å²) in [5.74, 6) is 0.345. The van der Waals surface area contributed by atoms with Gasteiger partial charge in [-0.25, -0.2) is 0 Å². The smallest absolute Gasteiger partial charge is 0.146 e. The summed E-state index contributed by atoms with van der Waals surface area (Å²) >= 11 is 0. The largest absolute Gasteiger partial charge is 0.394 e. The maximum Gasteiger partial charge on any atom is 0.146 e. The number of ether oxygens (including phenoxy) is 1. The van der Waals surface area contributed by atoms with E-state index in [4.69, 9.17) is 9.84 Å². The Morgan fingerprint density at radius 2 is 2.12 bits per heavy atom. The van der Waals surface area contributed by atoms with E-state index >= 15 is 0 Å². The molecule has 1 N–H and O–H groups in total. The molecule has 0 bridgehead atoms. The maximum atomic E-state index is 11.5. The molecule has 0 aromatic rings. The van der Waals surface area contributed by atoms with Crippen LogP contribution in [0.3, 0.4) is 0 Å². The van der Waals surface area contributed by atoms with E-state index in [-0.39, 0.29) is 12.7 Å². The minimum atomic E-state index is 0.0925. The second kappa shape index (κ2) is 7.76. The number of Topliss-reactive ketones (excluding diaryl/α,β-unsaturated/α-hetero) is 1. The molecule has 1 fully saturated rings. The minimum Gasteiger partial charge on any atom is -0.394 e. The third kappa shape index (κ3) is 5.05. The SMILES string of the molecule is CCCC(=O)CN1CCC(OCCO)CC1. The summed E-state index contributed by atoms with van der Waals surface area (Å²) in [6.45, 7) is 5.03. The number of rotatable bonds is 7. The number of nitrogens with zero attached hydrogens (tertiary/aromatic N) is 1. The monoisotopic (exact) mass is 229 g/mol. The predicted molar refractivity (Wildman–Crippen MR) is 62.4 cm³/mol. The molecule has 1 aliphatic heterocycles. The Balaban J connectivity index is 2.14. The van der Waals surface area contributed by atoms with Crippen molar-refractivity contribution in [1.82, 2.24) is 4.90 Å². The van der Waals surface area contributed by atoms with E-state index in [0.29, 0.717) is 25.4 Å². The van der Waals surface area contributed by atoms with Crippen LogP contribution in [-0.2, 0) is 9.53 Å². The second-order valence-electron chi connectivity index (χ2n) is 4.36. The molecule has 0 radical (unpaired) electrons. The van der Waals surface area contributed by atoms with Gasteiger partial charge >= 0.3 is 0 Å². The highest BCUT2D eigenvalue weighted by atomic mass is 16.5. The van der Waals surface area contributed by atoms with Gasteiger partial charge in [-0.05, 0) is 19.3 Å². The lowest BCUT2D eigenvalue weighted by Gasteiger charge is -2.31. The quantitative estimate of drug-likeness (QED) is 0.702. The van der Waals surface area contributed by atoms with Crippen LogP contribution in [0.1, 0.15) is 32.6 Å². The summed E-state index contributed by atoms with van der Waals surface area (Å²) in [4.78, 5) is 13.7. The Hall–Kier alpha value is -0.450. The van der Waals surface area contributed by atoms with Crippen molar-refractivity contribution in [2.45, 2.75) is 38.7 Å². The van der Waals surface area contributed by atoms with Gasteiger partial charge in [0.15, 0.2) is 0 Å². The fourth-order valence-corrected chi connectivity index (χ4v) is 2.06. The van der Waals surface area contributed by atoms with Crippen molar-refractivity contribution in [3.63, 3.8) is 0 Å². The van der Waals surface area contributed by atoms with Gasteiger partial charge in [0.25, 0.3) is 0 Å². The molecule has 1 aliphatic rings. The van der Waals surface area contributed by atoms with Crippen LogP contribution in [0.5, 0.6) is 0 Å². The molecule has 0 amide bonds. The zero-order valence-electron chi connectivity index (χ0n) is 10.2. The molecule has 0 atom stereocenters. The van der Waals surface area contributed by atoms with Crippen molar-refractivity contribution in [3.8, 4) is 0 Å². The first-order valence-electron chi connectivity index (χ1n) is 6.22. The highest BCUT2D eigenvalue weighted by Crippen LogP contribution is 2.13. The summed E-state index contributed by atoms with van der Waals surface area (Å²) in [6, 6.07) is 0. The van der Waals surface area contributed by atoms with Crippen LogP contribution in [0.2, 0.25) is 0 Å². The highest BCUT2D eigenvalue weighted by Gasteiger charge is 2.20. The average Bonchev–Trinajstić information content (AvgIpc) is 2.28. The molecule has 0 aromatic heterocycles. The molecule has 1 heterocycles. The lowest BCUT2D eigenvalue weighted by Crippen LogP contribution is -2.40. The zero-order valence-corrected chi connectivity index (χ0v) is 10.2.